The van der Waals surface area contributed by atoms with Gasteiger partial charge in [-0.1, -0.05) is 6.07 Å². The molecule has 0 saturated heterocycles. The third kappa shape index (κ3) is 1.72. The summed E-state index contributed by atoms with van der Waals surface area (Å²) in [6.45, 7) is 1.80. The Morgan fingerprint density at radius 2 is 2.21 bits per heavy atom. The SMILES string of the molecule is Cc1nn(C)c(-c2cc3c(F)cccc3s2)c1C#N. The summed E-state index contributed by atoms with van der Waals surface area (Å²) >= 11 is 1.47. The average Bonchev–Trinajstić information content (AvgIpc) is 2.90. The molecule has 0 aliphatic rings. The maximum Gasteiger partial charge on any atom is 0.131 e. The number of rotatable bonds is 1. The fourth-order valence-corrected chi connectivity index (χ4v) is 3.37. The Morgan fingerprint density at radius 1 is 1.42 bits per heavy atom. The van der Waals surface area contributed by atoms with Gasteiger partial charge in [-0.05, 0) is 25.1 Å². The molecule has 3 aromatic rings. The van der Waals surface area contributed by atoms with Crippen molar-refractivity contribution in [2.45, 2.75) is 6.92 Å². The van der Waals surface area contributed by atoms with Crippen LogP contribution in [0.25, 0.3) is 20.7 Å². The van der Waals surface area contributed by atoms with Gasteiger partial charge in [0.15, 0.2) is 0 Å². The highest BCUT2D eigenvalue weighted by Crippen LogP contribution is 2.36. The van der Waals surface area contributed by atoms with E-state index in [9.17, 15) is 9.65 Å². The molecule has 0 spiro atoms. The van der Waals surface area contributed by atoms with Crippen LogP contribution in [0.4, 0.5) is 4.39 Å². The normalized spacial score (nSPS) is 10.8. The first-order valence-electron chi connectivity index (χ1n) is 5.74. The number of fused-ring (bicyclic) bond motifs is 1. The lowest BCUT2D eigenvalue weighted by Crippen LogP contribution is -1.92. The number of nitriles is 1. The van der Waals surface area contributed by atoms with E-state index in [-0.39, 0.29) is 5.82 Å². The van der Waals surface area contributed by atoms with E-state index in [1.54, 1.807) is 30.8 Å². The Morgan fingerprint density at radius 3 is 2.89 bits per heavy atom. The van der Waals surface area contributed by atoms with Crippen LogP contribution in [0.1, 0.15) is 11.3 Å². The van der Waals surface area contributed by atoms with Gasteiger partial charge in [0.2, 0.25) is 0 Å². The predicted octanol–water partition coefficient (Wildman–Crippen LogP) is 3.62. The number of aromatic nitrogens is 2. The van der Waals surface area contributed by atoms with E-state index in [2.05, 4.69) is 11.2 Å². The molecule has 0 bridgehead atoms. The topological polar surface area (TPSA) is 41.6 Å². The van der Waals surface area contributed by atoms with Crippen molar-refractivity contribution in [3.05, 3.63) is 41.3 Å². The standard InChI is InChI=1S/C14H10FN3S/c1-8-10(7-16)14(18(2)17-8)13-6-9-11(15)4-3-5-12(9)19-13/h3-6H,1-2H3. The fourth-order valence-electron chi connectivity index (χ4n) is 2.22. The largest absolute Gasteiger partial charge is 0.265 e. The molecule has 2 heterocycles. The predicted molar refractivity (Wildman–Crippen MR) is 73.4 cm³/mol. The van der Waals surface area contributed by atoms with Gasteiger partial charge in [0.25, 0.3) is 0 Å². The molecule has 0 fully saturated rings. The maximum atomic E-state index is 13.7. The summed E-state index contributed by atoms with van der Waals surface area (Å²) in [7, 11) is 1.80. The highest BCUT2D eigenvalue weighted by molar-refractivity contribution is 7.22. The van der Waals surface area contributed by atoms with Gasteiger partial charge in [-0.2, -0.15) is 10.4 Å². The summed E-state index contributed by atoms with van der Waals surface area (Å²) in [6.07, 6.45) is 0. The summed E-state index contributed by atoms with van der Waals surface area (Å²) in [5, 5.41) is 14.1. The van der Waals surface area contributed by atoms with E-state index >= 15 is 0 Å². The lowest BCUT2D eigenvalue weighted by Gasteiger charge is -1.97. The molecule has 3 rings (SSSR count). The minimum Gasteiger partial charge on any atom is -0.265 e. The second kappa shape index (κ2) is 4.18. The number of nitrogens with zero attached hydrogens (tertiary/aromatic N) is 3. The van der Waals surface area contributed by atoms with Crippen molar-refractivity contribution < 1.29 is 4.39 Å². The van der Waals surface area contributed by atoms with E-state index in [1.807, 2.05) is 6.07 Å². The molecule has 3 nitrogen and oxygen atoms in total. The summed E-state index contributed by atoms with van der Waals surface area (Å²) in [5.41, 5.74) is 1.99. The summed E-state index contributed by atoms with van der Waals surface area (Å²) in [4.78, 5) is 0.861. The number of aryl methyl sites for hydroxylation is 2. The smallest absolute Gasteiger partial charge is 0.131 e. The molecule has 0 amide bonds. The van der Waals surface area contributed by atoms with Crippen LogP contribution in [0.3, 0.4) is 0 Å². The maximum absolute atomic E-state index is 13.7. The Bertz CT molecular complexity index is 823. The summed E-state index contributed by atoms with van der Waals surface area (Å²) in [5.74, 6) is -0.239. The summed E-state index contributed by atoms with van der Waals surface area (Å²) < 4.78 is 16.3. The third-order valence-electron chi connectivity index (χ3n) is 3.08. The monoisotopic (exact) mass is 271 g/mol. The van der Waals surface area contributed by atoms with E-state index in [0.29, 0.717) is 16.6 Å². The molecule has 0 aliphatic heterocycles. The molecule has 2 aromatic heterocycles. The molecular formula is C14H10FN3S. The molecule has 0 aliphatic carbocycles. The molecule has 19 heavy (non-hydrogen) atoms. The first-order valence-corrected chi connectivity index (χ1v) is 6.55. The van der Waals surface area contributed by atoms with Crippen molar-refractivity contribution >= 4 is 21.4 Å². The van der Waals surface area contributed by atoms with Crippen LogP contribution in [-0.4, -0.2) is 9.78 Å². The van der Waals surface area contributed by atoms with Crippen molar-refractivity contribution in [2.75, 3.05) is 0 Å². The van der Waals surface area contributed by atoms with E-state index in [4.69, 9.17) is 0 Å². The van der Waals surface area contributed by atoms with Crippen molar-refractivity contribution in [3.8, 4) is 16.6 Å². The van der Waals surface area contributed by atoms with Gasteiger partial charge >= 0.3 is 0 Å². The summed E-state index contributed by atoms with van der Waals surface area (Å²) in [6, 6.07) is 8.97. The van der Waals surface area contributed by atoms with Crippen LogP contribution in [-0.2, 0) is 7.05 Å². The first-order chi connectivity index (χ1) is 9.11. The molecule has 0 radical (unpaired) electrons. The van der Waals surface area contributed by atoms with Crippen LogP contribution in [0, 0.1) is 24.1 Å². The lowest BCUT2D eigenvalue weighted by atomic mass is 10.1. The van der Waals surface area contributed by atoms with Gasteiger partial charge in [-0.15, -0.1) is 11.3 Å². The minimum atomic E-state index is -0.239. The van der Waals surface area contributed by atoms with Crippen molar-refractivity contribution in [1.29, 1.82) is 5.26 Å². The first kappa shape index (κ1) is 11.9. The highest BCUT2D eigenvalue weighted by atomic mass is 32.1. The van der Waals surface area contributed by atoms with Gasteiger partial charge in [0, 0.05) is 17.1 Å². The van der Waals surface area contributed by atoms with Crippen molar-refractivity contribution in [1.82, 2.24) is 9.78 Å². The van der Waals surface area contributed by atoms with Crippen LogP contribution < -0.4 is 0 Å². The van der Waals surface area contributed by atoms with Crippen LogP contribution in [0.15, 0.2) is 24.3 Å². The number of halogens is 1. The van der Waals surface area contributed by atoms with E-state index in [1.165, 1.54) is 17.4 Å². The van der Waals surface area contributed by atoms with Gasteiger partial charge in [0.1, 0.15) is 17.4 Å². The number of benzene rings is 1. The van der Waals surface area contributed by atoms with Crippen molar-refractivity contribution in [2.24, 2.45) is 7.05 Å². The molecule has 1 aromatic carbocycles. The number of hydrogen-bond donors (Lipinski definition) is 0. The molecule has 94 valence electrons. The molecule has 0 unspecified atom stereocenters. The van der Waals surface area contributed by atoms with Gasteiger partial charge in [-0.3, -0.25) is 4.68 Å². The second-order valence-corrected chi connectivity index (χ2v) is 5.39. The number of thiophene rings is 1. The molecule has 0 saturated carbocycles. The molecular weight excluding hydrogens is 261 g/mol. The Balaban J connectivity index is 2.32. The van der Waals surface area contributed by atoms with Gasteiger partial charge in [0.05, 0.1) is 16.3 Å². The molecule has 0 atom stereocenters. The second-order valence-electron chi connectivity index (χ2n) is 4.31. The highest BCUT2D eigenvalue weighted by Gasteiger charge is 2.17. The quantitative estimate of drug-likeness (QED) is 0.678. The fraction of sp³-hybridized carbons (Fsp3) is 0.143. The zero-order valence-electron chi connectivity index (χ0n) is 10.4. The van der Waals surface area contributed by atoms with Crippen LogP contribution in [0.5, 0.6) is 0 Å². The zero-order chi connectivity index (χ0) is 13.6. The Kier molecular flexibility index (Phi) is 2.61. The van der Waals surface area contributed by atoms with Crippen LogP contribution >= 0.6 is 11.3 Å². The molecule has 0 N–H and O–H groups in total. The van der Waals surface area contributed by atoms with Crippen LogP contribution in [0.2, 0.25) is 0 Å². The van der Waals surface area contributed by atoms with Gasteiger partial charge in [-0.25, -0.2) is 4.39 Å². The average molecular weight is 271 g/mol. The lowest BCUT2D eigenvalue weighted by molar-refractivity contribution is 0.640. The Hall–Kier alpha value is -2.19. The van der Waals surface area contributed by atoms with Crippen molar-refractivity contribution in [3.63, 3.8) is 0 Å². The van der Waals surface area contributed by atoms with E-state index < -0.39 is 0 Å². The number of hydrogen-bond acceptors (Lipinski definition) is 3. The van der Waals surface area contributed by atoms with Gasteiger partial charge < -0.3 is 0 Å². The zero-order valence-corrected chi connectivity index (χ0v) is 11.3. The third-order valence-corrected chi connectivity index (χ3v) is 4.18. The minimum absolute atomic E-state index is 0.239. The van der Waals surface area contributed by atoms with E-state index in [0.717, 1.165) is 15.3 Å². The Labute approximate surface area is 113 Å². The molecule has 5 heteroatoms.